The Bertz CT molecular complexity index is 982. The third-order valence-electron chi connectivity index (χ3n) is 5.08. The summed E-state index contributed by atoms with van der Waals surface area (Å²) in [5, 5.41) is 0. The van der Waals surface area contributed by atoms with Gasteiger partial charge in [-0.05, 0) is 36.2 Å². The van der Waals surface area contributed by atoms with Crippen LogP contribution in [0.5, 0.6) is 11.5 Å². The summed E-state index contributed by atoms with van der Waals surface area (Å²) in [4.78, 5) is 13.9. The molecule has 2 aromatic rings. The fourth-order valence-corrected chi connectivity index (χ4v) is 4.88. The molecule has 0 N–H and O–H groups in total. The van der Waals surface area contributed by atoms with E-state index in [1.54, 1.807) is 25.2 Å². The normalized spacial score (nSPS) is 15.1. The molecule has 2 aromatic carbocycles. The van der Waals surface area contributed by atoms with E-state index in [1.807, 2.05) is 12.1 Å². The molecule has 9 heteroatoms. The van der Waals surface area contributed by atoms with E-state index in [-0.39, 0.29) is 43.4 Å². The maximum Gasteiger partial charge on any atom is 0.246 e. The molecule has 0 radical (unpaired) electrons. The molecule has 0 unspecified atom stereocenters. The predicted octanol–water partition coefficient (Wildman–Crippen LogP) is 2.31. The summed E-state index contributed by atoms with van der Waals surface area (Å²) in [6.45, 7) is 0.812. The average Bonchev–Trinajstić information content (AvgIpc) is 2.77. The highest BCUT2D eigenvalue weighted by atomic mass is 32.2. The summed E-state index contributed by atoms with van der Waals surface area (Å²) >= 11 is 0. The minimum atomic E-state index is -3.92. The van der Waals surface area contributed by atoms with E-state index in [2.05, 4.69) is 0 Å². The Morgan fingerprint density at radius 1 is 1.00 bits per heavy atom. The van der Waals surface area contributed by atoms with Gasteiger partial charge in [-0.1, -0.05) is 12.1 Å². The smallest absolute Gasteiger partial charge is 0.246 e. The molecule has 1 amide bonds. The monoisotopic (exact) mass is 436 g/mol. The van der Waals surface area contributed by atoms with Crippen LogP contribution in [0.2, 0.25) is 0 Å². The molecule has 0 saturated carbocycles. The summed E-state index contributed by atoms with van der Waals surface area (Å²) in [6.07, 6.45) is 0.802. The van der Waals surface area contributed by atoms with E-state index in [4.69, 9.17) is 9.47 Å². The lowest BCUT2D eigenvalue weighted by molar-refractivity contribution is -0.132. The van der Waals surface area contributed by atoms with Crippen molar-refractivity contribution in [1.82, 2.24) is 9.21 Å². The Labute approximate surface area is 176 Å². The molecule has 0 atom stereocenters. The second-order valence-corrected chi connectivity index (χ2v) is 8.84. The SMILES string of the molecule is COc1cc(CCC(=O)N2CCN(S(=O)(=O)c3ccccc3F)CC2)cc(OC)c1. The quantitative estimate of drug-likeness (QED) is 0.666. The number of aryl methyl sites for hydroxylation is 1. The lowest BCUT2D eigenvalue weighted by Crippen LogP contribution is -2.50. The van der Waals surface area contributed by atoms with Crippen LogP contribution in [0, 0.1) is 5.82 Å². The van der Waals surface area contributed by atoms with Crippen molar-refractivity contribution in [3.63, 3.8) is 0 Å². The Kier molecular flexibility index (Phi) is 6.94. The van der Waals surface area contributed by atoms with Gasteiger partial charge in [0.25, 0.3) is 0 Å². The fourth-order valence-electron chi connectivity index (χ4n) is 3.39. The average molecular weight is 437 g/mol. The van der Waals surface area contributed by atoms with Gasteiger partial charge in [0.15, 0.2) is 0 Å². The van der Waals surface area contributed by atoms with Gasteiger partial charge in [-0.3, -0.25) is 4.79 Å². The van der Waals surface area contributed by atoms with Crippen LogP contribution in [0.1, 0.15) is 12.0 Å². The molecule has 7 nitrogen and oxygen atoms in total. The summed E-state index contributed by atoms with van der Waals surface area (Å²) in [6, 6.07) is 10.8. The zero-order chi connectivity index (χ0) is 21.7. The number of hydrogen-bond acceptors (Lipinski definition) is 5. The number of halogens is 1. The van der Waals surface area contributed by atoms with Crippen LogP contribution in [-0.2, 0) is 21.2 Å². The van der Waals surface area contributed by atoms with Gasteiger partial charge in [0.05, 0.1) is 14.2 Å². The van der Waals surface area contributed by atoms with E-state index >= 15 is 0 Å². The summed E-state index contributed by atoms with van der Waals surface area (Å²) in [5.74, 6) is 0.483. The Morgan fingerprint density at radius 2 is 1.60 bits per heavy atom. The molecule has 162 valence electrons. The molecule has 1 aliphatic heterocycles. The number of methoxy groups -OCH3 is 2. The third-order valence-corrected chi connectivity index (χ3v) is 7.02. The van der Waals surface area contributed by atoms with E-state index in [9.17, 15) is 17.6 Å². The van der Waals surface area contributed by atoms with Gasteiger partial charge in [-0.25, -0.2) is 12.8 Å². The van der Waals surface area contributed by atoms with Crippen LogP contribution in [0.15, 0.2) is 47.4 Å². The van der Waals surface area contributed by atoms with Crippen molar-refractivity contribution in [2.24, 2.45) is 0 Å². The molecule has 0 aliphatic carbocycles. The van der Waals surface area contributed by atoms with Crippen molar-refractivity contribution in [2.75, 3.05) is 40.4 Å². The maximum atomic E-state index is 13.9. The second kappa shape index (κ2) is 9.44. The number of hydrogen-bond donors (Lipinski definition) is 0. The first kappa shape index (κ1) is 22.0. The van der Waals surface area contributed by atoms with Crippen molar-refractivity contribution in [3.05, 3.63) is 53.8 Å². The first-order valence-corrected chi connectivity index (χ1v) is 11.0. The number of carbonyl (C=O) groups excluding carboxylic acids is 1. The molecule has 1 saturated heterocycles. The van der Waals surface area contributed by atoms with Crippen molar-refractivity contribution >= 4 is 15.9 Å². The topological polar surface area (TPSA) is 76.2 Å². The maximum absolute atomic E-state index is 13.9. The zero-order valence-electron chi connectivity index (χ0n) is 17.0. The van der Waals surface area contributed by atoms with Crippen molar-refractivity contribution in [2.45, 2.75) is 17.7 Å². The molecule has 1 aliphatic rings. The van der Waals surface area contributed by atoms with Gasteiger partial charge < -0.3 is 14.4 Å². The Hall–Kier alpha value is -2.65. The minimum Gasteiger partial charge on any atom is -0.497 e. The molecule has 1 fully saturated rings. The fraction of sp³-hybridized carbons (Fsp3) is 0.381. The summed E-state index contributed by atoms with van der Waals surface area (Å²) in [7, 11) is -0.784. The minimum absolute atomic E-state index is 0.0558. The van der Waals surface area contributed by atoms with E-state index in [0.717, 1.165) is 11.6 Å². The van der Waals surface area contributed by atoms with Crippen molar-refractivity contribution in [1.29, 1.82) is 0 Å². The number of carbonyl (C=O) groups is 1. The highest BCUT2D eigenvalue weighted by Crippen LogP contribution is 2.24. The van der Waals surface area contributed by atoms with Gasteiger partial charge in [0.2, 0.25) is 15.9 Å². The highest BCUT2D eigenvalue weighted by Gasteiger charge is 2.31. The van der Waals surface area contributed by atoms with Crippen molar-refractivity contribution < 1.29 is 27.1 Å². The van der Waals surface area contributed by atoms with Crippen LogP contribution in [0.25, 0.3) is 0 Å². The van der Waals surface area contributed by atoms with Gasteiger partial charge in [0, 0.05) is 38.7 Å². The van der Waals surface area contributed by atoms with Crippen LogP contribution < -0.4 is 9.47 Å². The van der Waals surface area contributed by atoms with E-state index in [1.165, 1.54) is 22.5 Å². The number of nitrogens with zero attached hydrogens (tertiary/aromatic N) is 2. The number of piperazine rings is 1. The number of benzene rings is 2. The Balaban J connectivity index is 1.58. The Morgan fingerprint density at radius 3 is 2.17 bits per heavy atom. The predicted molar refractivity (Wildman–Crippen MR) is 110 cm³/mol. The van der Waals surface area contributed by atoms with Crippen molar-refractivity contribution in [3.8, 4) is 11.5 Å². The number of ether oxygens (including phenoxy) is 2. The number of amides is 1. The van der Waals surface area contributed by atoms with Gasteiger partial charge in [-0.15, -0.1) is 0 Å². The van der Waals surface area contributed by atoms with Gasteiger partial charge in [-0.2, -0.15) is 4.31 Å². The largest absolute Gasteiger partial charge is 0.497 e. The molecular weight excluding hydrogens is 411 g/mol. The molecular formula is C21H25FN2O5S. The van der Waals surface area contributed by atoms with E-state index in [0.29, 0.717) is 17.9 Å². The lowest BCUT2D eigenvalue weighted by atomic mass is 10.1. The summed E-state index contributed by atoms with van der Waals surface area (Å²) < 4.78 is 51.0. The molecule has 0 bridgehead atoms. The van der Waals surface area contributed by atoms with Gasteiger partial charge >= 0.3 is 0 Å². The van der Waals surface area contributed by atoms with Crippen LogP contribution in [0.3, 0.4) is 0 Å². The second-order valence-electron chi connectivity index (χ2n) is 6.94. The van der Waals surface area contributed by atoms with Crippen LogP contribution in [0.4, 0.5) is 4.39 Å². The first-order valence-electron chi connectivity index (χ1n) is 9.59. The van der Waals surface area contributed by atoms with E-state index < -0.39 is 15.8 Å². The summed E-state index contributed by atoms with van der Waals surface area (Å²) in [5.41, 5.74) is 0.917. The molecule has 0 aromatic heterocycles. The zero-order valence-corrected chi connectivity index (χ0v) is 17.8. The third kappa shape index (κ3) is 4.91. The number of sulfonamides is 1. The number of rotatable bonds is 7. The molecule has 0 spiro atoms. The molecule has 3 rings (SSSR count). The van der Waals surface area contributed by atoms with Crippen LogP contribution in [-0.4, -0.2) is 63.9 Å². The van der Waals surface area contributed by atoms with Gasteiger partial charge in [0.1, 0.15) is 22.2 Å². The first-order chi connectivity index (χ1) is 14.3. The standard InChI is InChI=1S/C21H25FN2O5S/c1-28-17-13-16(14-18(15-17)29-2)7-8-21(25)23-9-11-24(12-10-23)30(26,27)20-6-4-3-5-19(20)22/h3-6,13-15H,7-12H2,1-2H3. The molecule has 1 heterocycles. The van der Waals surface area contributed by atoms with Crippen LogP contribution >= 0.6 is 0 Å². The molecule has 30 heavy (non-hydrogen) atoms. The lowest BCUT2D eigenvalue weighted by Gasteiger charge is -2.34. The highest BCUT2D eigenvalue weighted by molar-refractivity contribution is 7.89.